The number of nitrogen functional groups attached to an aromatic ring is 1. The molecule has 1 aromatic rings. The van der Waals surface area contributed by atoms with Gasteiger partial charge < -0.3 is 5.73 Å². The van der Waals surface area contributed by atoms with Crippen molar-refractivity contribution in [3.05, 3.63) is 11.8 Å². The van der Waals surface area contributed by atoms with Crippen molar-refractivity contribution >= 4 is 5.82 Å². The Bertz CT molecular complexity index is 309. The van der Waals surface area contributed by atoms with Crippen molar-refractivity contribution in [2.24, 2.45) is 5.92 Å². The number of nitrogens with two attached hydrogens (primary N) is 1. The largest absolute Gasteiger partial charge is 0.384 e. The average molecular weight is 207 g/mol. The van der Waals surface area contributed by atoms with Gasteiger partial charge in [0.15, 0.2) is 0 Å². The quantitative estimate of drug-likeness (QED) is 0.758. The van der Waals surface area contributed by atoms with Crippen molar-refractivity contribution in [2.45, 2.75) is 52.0 Å². The molecule has 3 heteroatoms. The van der Waals surface area contributed by atoms with E-state index < -0.39 is 0 Å². The molecule has 0 radical (unpaired) electrons. The number of aromatic nitrogens is 2. The van der Waals surface area contributed by atoms with Gasteiger partial charge in [-0.15, -0.1) is 0 Å². The standard InChI is InChI=1S/C12H21N3/c1-10-8-12(13)15(14-10)9-11-6-4-2-3-5-7-11/h8,11H,2-7,9,13H2,1H3. The summed E-state index contributed by atoms with van der Waals surface area (Å²) in [6, 6.07) is 1.96. The van der Waals surface area contributed by atoms with Crippen molar-refractivity contribution in [2.75, 3.05) is 5.73 Å². The first-order chi connectivity index (χ1) is 7.25. The summed E-state index contributed by atoms with van der Waals surface area (Å²) < 4.78 is 1.98. The average Bonchev–Trinajstić information content (AvgIpc) is 2.44. The number of rotatable bonds is 2. The van der Waals surface area contributed by atoms with E-state index in [-0.39, 0.29) is 0 Å². The van der Waals surface area contributed by atoms with Crippen LogP contribution in [0.15, 0.2) is 6.07 Å². The van der Waals surface area contributed by atoms with Crippen LogP contribution in [0.3, 0.4) is 0 Å². The predicted molar refractivity (Wildman–Crippen MR) is 62.6 cm³/mol. The molecule has 0 aromatic carbocycles. The van der Waals surface area contributed by atoms with Crippen LogP contribution in [0.5, 0.6) is 0 Å². The molecule has 1 heterocycles. The van der Waals surface area contributed by atoms with E-state index in [1.807, 2.05) is 17.7 Å². The monoisotopic (exact) mass is 207 g/mol. The lowest BCUT2D eigenvalue weighted by atomic mass is 10.0. The summed E-state index contributed by atoms with van der Waals surface area (Å²) in [6.07, 6.45) is 8.26. The molecule has 0 aliphatic heterocycles. The van der Waals surface area contributed by atoms with E-state index in [0.29, 0.717) is 0 Å². The van der Waals surface area contributed by atoms with Crippen molar-refractivity contribution in [3.8, 4) is 0 Å². The lowest BCUT2D eigenvalue weighted by Gasteiger charge is -2.14. The Kier molecular flexibility index (Phi) is 3.29. The van der Waals surface area contributed by atoms with Crippen LogP contribution in [0, 0.1) is 12.8 Å². The Morgan fingerprint density at radius 3 is 2.53 bits per heavy atom. The van der Waals surface area contributed by atoms with Gasteiger partial charge in [0.05, 0.1) is 5.69 Å². The van der Waals surface area contributed by atoms with Crippen molar-refractivity contribution in [1.82, 2.24) is 9.78 Å². The van der Waals surface area contributed by atoms with Gasteiger partial charge in [0.2, 0.25) is 0 Å². The first-order valence-corrected chi connectivity index (χ1v) is 6.05. The summed E-state index contributed by atoms with van der Waals surface area (Å²) in [5, 5.41) is 4.43. The third-order valence-electron chi connectivity index (χ3n) is 3.34. The molecule has 1 fully saturated rings. The van der Waals surface area contributed by atoms with E-state index in [1.165, 1.54) is 38.5 Å². The molecule has 2 rings (SSSR count). The van der Waals surface area contributed by atoms with E-state index in [2.05, 4.69) is 5.10 Å². The molecule has 84 valence electrons. The molecule has 15 heavy (non-hydrogen) atoms. The van der Waals surface area contributed by atoms with Gasteiger partial charge in [0.25, 0.3) is 0 Å². The van der Waals surface area contributed by atoms with Gasteiger partial charge in [0.1, 0.15) is 5.82 Å². The Morgan fingerprint density at radius 1 is 1.33 bits per heavy atom. The van der Waals surface area contributed by atoms with Crippen molar-refractivity contribution in [1.29, 1.82) is 0 Å². The van der Waals surface area contributed by atoms with Crippen LogP contribution in [-0.2, 0) is 6.54 Å². The molecule has 0 saturated heterocycles. The molecular formula is C12H21N3. The lowest BCUT2D eigenvalue weighted by Crippen LogP contribution is -2.13. The van der Waals surface area contributed by atoms with Crippen molar-refractivity contribution in [3.63, 3.8) is 0 Å². The van der Waals surface area contributed by atoms with Gasteiger partial charge in [-0.05, 0) is 25.7 Å². The second kappa shape index (κ2) is 4.69. The van der Waals surface area contributed by atoms with Gasteiger partial charge in [0, 0.05) is 12.6 Å². The zero-order chi connectivity index (χ0) is 10.7. The van der Waals surface area contributed by atoms with Gasteiger partial charge in [-0.25, -0.2) is 4.68 Å². The summed E-state index contributed by atoms with van der Waals surface area (Å²) in [5.74, 6) is 1.60. The van der Waals surface area contributed by atoms with E-state index >= 15 is 0 Å². The predicted octanol–water partition coefficient (Wildman–Crippen LogP) is 2.74. The fraction of sp³-hybridized carbons (Fsp3) is 0.750. The molecule has 3 nitrogen and oxygen atoms in total. The topological polar surface area (TPSA) is 43.8 Å². The maximum Gasteiger partial charge on any atom is 0.121 e. The van der Waals surface area contributed by atoms with Crippen LogP contribution in [-0.4, -0.2) is 9.78 Å². The normalized spacial score (nSPS) is 19.0. The van der Waals surface area contributed by atoms with Crippen LogP contribution >= 0.6 is 0 Å². The first kappa shape index (κ1) is 10.5. The highest BCUT2D eigenvalue weighted by Crippen LogP contribution is 2.24. The Balaban J connectivity index is 1.97. The summed E-state index contributed by atoms with van der Waals surface area (Å²) in [6.45, 7) is 3.01. The zero-order valence-electron chi connectivity index (χ0n) is 9.58. The second-order valence-electron chi connectivity index (χ2n) is 4.75. The minimum Gasteiger partial charge on any atom is -0.384 e. The highest BCUT2D eigenvalue weighted by molar-refractivity contribution is 5.30. The zero-order valence-corrected chi connectivity index (χ0v) is 9.58. The minimum absolute atomic E-state index is 0.786. The van der Waals surface area contributed by atoms with Crippen LogP contribution in [0.4, 0.5) is 5.82 Å². The summed E-state index contributed by atoms with van der Waals surface area (Å²) in [7, 11) is 0. The maximum atomic E-state index is 5.90. The van der Waals surface area contributed by atoms with Crippen LogP contribution in [0.25, 0.3) is 0 Å². The Hall–Kier alpha value is -0.990. The van der Waals surface area contributed by atoms with Gasteiger partial charge in [-0.3, -0.25) is 0 Å². The molecule has 0 unspecified atom stereocenters. The van der Waals surface area contributed by atoms with Crippen LogP contribution in [0.2, 0.25) is 0 Å². The summed E-state index contributed by atoms with van der Waals surface area (Å²) in [4.78, 5) is 0. The SMILES string of the molecule is Cc1cc(N)n(CC2CCCCCC2)n1. The maximum absolute atomic E-state index is 5.90. The highest BCUT2D eigenvalue weighted by Gasteiger charge is 2.14. The van der Waals surface area contributed by atoms with Crippen LogP contribution in [0.1, 0.15) is 44.2 Å². The molecular weight excluding hydrogens is 186 g/mol. The smallest absolute Gasteiger partial charge is 0.121 e. The molecule has 1 aliphatic rings. The molecule has 2 N–H and O–H groups in total. The van der Waals surface area contributed by atoms with Gasteiger partial charge >= 0.3 is 0 Å². The third-order valence-corrected chi connectivity index (χ3v) is 3.34. The van der Waals surface area contributed by atoms with E-state index in [4.69, 9.17) is 5.73 Å². The number of hydrogen-bond acceptors (Lipinski definition) is 2. The third kappa shape index (κ3) is 2.74. The van der Waals surface area contributed by atoms with Gasteiger partial charge in [-0.1, -0.05) is 25.7 Å². The molecule has 1 aliphatic carbocycles. The molecule has 1 aromatic heterocycles. The van der Waals surface area contributed by atoms with E-state index in [9.17, 15) is 0 Å². The number of nitrogens with zero attached hydrogens (tertiary/aromatic N) is 2. The fourth-order valence-corrected chi connectivity index (χ4v) is 2.50. The molecule has 0 bridgehead atoms. The Labute approximate surface area is 91.7 Å². The summed E-state index contributed by atoms with van der Waals surface area (Å²) >= 11 is 0. The second-order valence-corrected chi connectivity index (χ2v) is 4.75. The molecule has 1 saturated carbocycles. The lowest BCUT2D eigenvalue weighted by molar-refractivity contribution is 0.378. The first-order valence-electron chi connectivity index (χ1n) is 6.05. The van der Waals surface area contributed by atoms with Crippen molar-refractivity contribution < 1.29 is 0 Å². The van der Waals surface area contributed by atoms with Crippen LogP contribution < -0.4 is 5.73 Å². The number of anilines is 1. The molecule has 0 atom stereocenters. The van der Waals surface area contributed by atoms with Gasteiger partial charge in [-0.2, -0.15) is 5.10 Å². The highest BCUT2D eigenvalue weighted by atomic mass is 15.3. The fourth-order valence-electron chi connectivity index (χ4n) is 2.50. The minimum atomic E-state index is 0.786. The number of aryl methyl sites for hydroxylation is 1. The van der Waals surface area contributed by atoms with E-state index in [0.717, 1.165) is 24.0 Å². The molecule has 0 amide bonds. The molecule has 0 spiro atoms. The van der Waals surface area contributed by atoms with E-state index in [1.54, 1.807) is 0 Å². The Morgan fingerprint density at radius 2 is 2.00 bits per heavy atom. The summed E-state index contributed by atoms with van der Waals surface area (Å²) in [5.41, 5.74) is 6.93. The number of hydrogen-bond donors (Lipinski definition) is 1.